The second-order valence-corrected chi connectivity index (χ2v) is 6.02. The van der Waals surface area contributed by atoms with Crippen molar-refractivity contribution in [2.45, 2.75) is 12.5 Å². The van der Waals surface area contributed by atoms with E-state index in [1.165, 1.54) is 4.90 Å². The smallest absolute Gasteiger partial charge is 0.267 e. The van der Waals surface area contributed by atoms with Crippen molar-refractivity contribution in [2.24, 2.45) is 0 Å². The van der Waals surface area contributed by atoms with E-state index in [4.69, 9.17) is 4.74 Å². The molecule has 2 rings (SSSR count). The molecule has 0 amide bonds. The third-order valence-corrected chi connectivity index (χ3v) is 4.72. The van der Waals surface area contributed by atoms with Gasteiger partial charge in [0, 0.05) is 17.1 Å². The predicted octanol–water partition coefficient (Wildman–Crippen LogP) is 1.59. The van der Waals surface area contributed by atoms with Gasteiger partial charge in [-0.25, -0.2) is 0 Å². The number of hydrogen-bond acceptors (Lipinski definition) is 3. The first-order valence-corrected chi connectivity index (χ1v) is 8.13. The fourth-order valence-corrected chi connectivity index (χ4v) is 3.72. The van der Waals surface area contributed by atoms with Gasteiger partial charge in [0.25, 0.3) is 5.54 Å². The monoisotopic (exact) mass is 289 g/mol. The fraction of sp³-hybridized carbons (Fsp3) is 0.438. The van der Waals surface area contributed by atoms with Crippen molar-refractivity contribution in [2.75, 3.05) is 31.2 Å². The van der Waals surface area contributed by atoms with Gasteiger partial charge in [-0.2, -0.15) is 17.0 Å². The number of ether oxygens (including phenoxy) is 1. The second-order valence-electron chi connectivity index (χ2n) is 4.80. The third kappa shape index (κ3) is 2.70. The molecule has 1 aliphatic rings. The Morgan fingerprint density at radius 1 is 1.40 bits per heavy atom. The molecular weight excluding hydrogens is 268 g/mol. The zero-order chi connectivity index (χ0) is 14.4. The second kappa shape index (κ2) is 6.83. The van der Waals surface area contributed by atoms with Gasteiger partial charge in [-0.05, 0) is 6.92 Å². The van der Waals surface area contributed by atoms with Crippen LogP contribution in [0.25, 0.3) is 0 Å². The van der Waals surface area contributed by atoms with Crippen molar-refractivity contribution in [1.29, 1.82) is 5.26 Å². The maximum atomic E-state index is 9.96. The minimum atomic E-state index is -0.793. The number of nitrogens with one attached hydrogen (secondary N) is 1. The zero-order valence-corrected chi connectivity index (χ0v) is 12.7. The summed E-state index contributed by atoms with van der Waals surface area (Å²) in [5, 5.41) is 9.96. The van der Waals surface area contributed by atoms with Crippen LogP contribution in [0.5, 0.6) is 0 Å². The van der Waals surface area contributed by atoms with E-state index in [0.717, 1.165) is 30.2 Å². The first-order valence-electron chi connectivity index (χ1n) is 6.97. The van der Waals surface area contributed by atoms with Gasteiger partial charge in [0.05, 0.1) is 19.7 Å². The average molecular weight is 289 g/mol. The zero-order valence-electron chi connectivity index (χ0n) is 11.9. The lowest BCUT2D eigenvalue weighted by atomic mass is 9.87. The minimum absolute atomic E-state index is 0.539. The Balaban J connectivity index is 2.46. The molecule has 0 radical (unpaired) electrons. The van der Waals surface area contributed by atoms with E-state index in [0.29, 0.717) is 12.4 Å². The summed E-state index contributed by atoms with van der Waals surface area (Å²) < 4.78 is 5.66. The molecule has 0 saturated carbocycles. The summed E-state index contributed by atoms with van der Waals surface area (Å²) in [6, 6.07) is 12.4. The van der Waals surface area contributed by atoms with Crippen LogP contribution in [-0.2, 0) is 10.3 Å². The van der Waals surface area contributed by atoms with Gasteiger partial charge in [0.15, 0.2) is 5.76 Å². The van der Waals surface area contributed by atoms with Crippen molar-refractivity contribution in [3.63, 3.8) is 0 Å². The predicted molar refractivity (Wildman–Crippen MR) is 82.5 cm³/mol. The van der Waals surface area contributed by atoms with Gasteiger partial charge in [-0.15, -0.1) is 0 Å². The number of nitrogens with zero attached hydrogens (tertiary/aromatic N) is 1. The first-order chi connectivity index (χ1) is 9.75. The Morgan fingerprint density at radius 2 is 2.05 bits per heavy atom. The van der Waals surface area contributed by atoms with Crippen LogP contribution < -0.4 is 4.90 Å². The molecule has 1 aromatic rings. The molecule has 4 heteroatoms. The Kier molecular flexibility index (Phi) is 5.11. The summed E-state index contributed by atoms with van der Waals surface area (Å²) in [6.07, 6.45) is 0. The molecule has 3 nitrogen and oxygen atoms in total. The maximum absolute atomic E-state index is 9.96. The van der Waals surface area contributed by atoms with Crippen LogP contribution in [0.1, 0.15) is 12.5 Å². The molecule has 106 valence electrons. The van der Waals surface area contributed by atoms with Gasteiger partial charge in [-0.1, -0.05) is 36.9 Å². The molecule has 1 atom stereocenters. The third-order valence-electron chi connectivity index (χ3n) is 3.74. The van der Waals surface area contributed by atoms with Gasteiger partial charge in [-0.3, -0.25) is 0 Å². The summed E-state index contributed by atoms with van der Waals surface area (Å²) in [4.78, 5) is 1.24. The number of hydrogen-bond donors (Lipinski definition) is 1. The molecule has 0 bridgehead atoms. The molecule has 20 heavy (non-hydrogen) atoms. The summed E-state index contributed by atoms with van der Waals surface area (Å²) in [5.74, 6) is 2.71. The maximum Gasteiger partial charge on any atom is 0.267 e. The normalized spacial score (nSPS) is 18.8. The highest BCUT2D eigenvalue weighted by molar-refractivity contribution is 7.99. The first kappa shape index (κ1) is 15.0. The summed E-state index contributed by atoms with van der Waals surface area (Å²) in [6.45, 7) is 8.45. The summed E-state index contributed by atoms with van der Waals surface area (Å²) in [7, 11) is 0. The Hall–Kier alpha value is -1.44. The quantitative estimate of drug-likeness (QED) is 0.837. The van der Waals surface area contributed by atoms with Gasteiger partial charge in [0.2, 0.25) is 0 Å². The number of rotatable bonds is 5. The van der Waals surface area contributed by atoms with Crippen LogP contribution in [0, 0.1) is 11.3 Å². The van der Waals surface area contributed by atoms with Gasteiger partial charge < -0.3 is 9.64 Å². The van der Waals surface area contributed by atoms with Crippen LogP contribution in [0.3, 0.4) is 0 Å². The topological polar surface area (TPSA) is 37.5 Å². The van der Waals surface area contributed by atoms with Crippen LogP contribution in [0.4, 0.5) is 0 Å². The summed E-state index contributed by atoms with van der Waals surface area (Å²) in [5.41, 5.74) is 0.181. The van der Waals surface area contributed by atoms with E-state index in [9.17, 15) is 5.26 Å². The van der Waals surface area contributed by atoms with Crippen molar-refractivity contribution in [3.05, 3.63) is 48.2 Å². The molecule has 1 fully saturated rings. The van der Waals surface area contributed by atoms with E-state index in [2.05, 4.69) is 12.6 Å². The van der Waals surface area contributed by atoms with Crippen LogP contribution in [-0.4, -0.2) is 31.2 Å². The molecule has 1 aliphatic heterocycles. The standard InChI is InChI=1S/C16H20N2OS/c1-3-19-14(2)16(13-17,15-7-5-4-6-8-15)18-9-11-20-12-10-18/h4-8H,2-3,9-12H2,1H3/p+1/t16-/m1/s1. The molecule has 0 aliphatic carbocycles. The van der Waals surface area contributed by atoms with E-state index < -0.39 is 5.54 Å². The largest absolute Gasteiger partial charge is 0.491 e. The van der Waals surface area contributed by atoms with Crippen LogP contribution in [0.2, 0.25) is 0 Å². The van der Waals surface area contributed by atoms with E-state index in [-0.39, 0.29) is 0 Å². The van der Waals surface area contributed by atoms with Crippen molar-refractivity contribution in [3.8, 4) is 6.07 Å². The molecule has 1 saturated heterocycles. The van der Waals surface area contributed by atoms with Crippen molar-refractivity contribution in [1.82, 2.24) is 0 Å². The molecule has 1 aromatic carbocycles. The van der Waals surface area contributed by atoms with Crippen LogP contribution >= 0.6 is 11.8 Å². The van der Waals surface area contributed by atoms with Crippen molar-refractivity contribution >= 4 is 11.8 Å². The highest BCUT2D eigenvalue weighted by Crippen LogP contribution is 2.26. The molecule has 0 spiro atoms. The lowest BCUT2D eigenvalue weighted by Crippen LogP contribution is -3.20. The SMILES string of the molecule is C=C(OCC)[C@](C#N)(c1ccccc1)[NH+]1CCSCC1. The highest BCUT2D eigenvalue weighted by atomic mass is 32.2. The fourth-order valence-electron chi connectivity index (χ4n) is 2.73. The molecule has 0 aromatic heterocycles. The molecule has 1 heterocycles. The lowest BCUT2D eigenvalue weighted by molar-refractivity contribution is -0.943. The Labute approximate surface area is 125 Å². The minimum Gasteiger partial charge on any atom is -0.491 e. The van der Waals surface area contributed by atoms with Crippen LogP contribution in [0.15, 0.2) is 42.7 Å². The van der Waals surface area contributed by atoms with Crippen molar-refractivity contribution < 1.29 is 9.64 Å². The Bertz CT molecular complexity index is 491. The van der Waals surface area contributed by atoms with E-state index in [1.807, 2.05) is 49.0 Å². The highest BCUT2D eigenvalue weighted by Gasteiger charge is 2.48. The van der Waals surface area contributed by atoms with Gasteiger partial charge >= 0.3 is 0 Å². The molecular formula is C16H21N2OS+. The number of thioether (sulfide) groups is 1. The summed E-state index contributed by atoms with van der Waals surface area (Å²) >= 11 is 1.94. The number of quaternary nitrogens is 1. The lowest BCUT2D eigenvalue weighted by Gasteiger charge is -2.38. The number of nitriles is 1. The van der Waals surface area contributed by atoms with E-state index in [1.54, 1.807) is 0 Å². The average Bonchev–Trinajstić information content (AvgIpc) is 2.51. The number of benzene rings is 1. The Morgan fingerprint density at radius 3 is 2.60 bits per heavy atom. The molecule has 0 unspecified atom stereocenters. The van der Waals surface area contributed by atoms with Gasteiger partial charge in [0.1, 0.15) is 6.07 Å². The molecule has 1 N–H and O–H groups in total. The van der Waals surface area contributed by atoms with E-state index >= 15 is 0 Å².